The van der Waals surface area contributed by atoms with Crippen molar-refractivity contribution in [2.45, 2.75) is 31.8 Å². The van der Waals surface area contributed by atoms with Crippen molar-refractivity contribution in [1.82, 2.24) is 4.90 Å². The van der Waals surface area contributed by atoms with Crippen LogP contribution in [-0.2, 0) is 0 Å². The van der Waals surface area contributed by atoms with E-state index in [-0.39, 0.29) is 0 Å². The van der Waals surface area contributed by atoms with Gasteiger partial charge in [-0.25, -0.2) is 8.78 Å². The maximum Gasteiger partial charge on any atom is 0.128 e. The van der Waals surface area contributed by atoms with E-state index in [0.29, 0.717) is 17.8 Å². The molecule has 0 radical (unpaired) electrons. The van der Waals surface area contributed by atoms with E-state index < -0.39 is 11.6 Å². The molecule has 1 aromatic rings. The Balaban J connectivity index is 2.01. The Morgan fingerprint density at radius 1 is 1.24 bits per heavy atom. The van der Waals surface area contributed by atoms with Crippen molar-refractivity contribution in [2.24, 2.45) is 0 Å². The molecule has 0 amide bonds. The third-order valence-corrected chi connectivity index (χ3v) is 3.44. The van der Waals surface area contributed by atoms with Crippen LogP contribution in [0.5, 0.6) is 0 Å². The lowest BCUT2D eigenvalue weighted by Gasteiger charge is -2.35. The van der Waals surface area contributed by atoms with E-state index in [4.69, 9.17) is 0 Å². The maximum absolute atomic E-state index is 13.0. The van der Waals surface area contributed by atoms with Gasteiger partial charge in [0, 0.05) is 30.4 Å². The molecule has 4 heteroatoms. The quantitative estimate of drug-likeness (QED) is 0.855. The van der Waals surface area contributed by atoms with E-state index in [0.717, 1.165) is 25.5 Å². The molecule has 2 atom stereocenters. The number of anilines is 1. The van der Waals surface area contributed by atoms with Gasteiger partial charge in [-0.2, -0.15) is 0 Å². The lowest BCUT2D eigenvalue weighted by atomic mass is 9.98. The molecule has 0 bridgehead atoms. The van der Waals surface area contributed by atoms with Crippen molar-refractivity contribution < 1.29 is 8.78 Å². The monoisotopic (exact) mass is 240 g/mol. The van der Waals surface area contributed by atoms with E-state index in [9.17, 15) is 8.78 Å². The van der Waals surface area contributed by atoms with Crippen LogP contribution < -0.4 is 5.32 Å². The normalized spacial score (nSPS) is 25.9. The molecule has 2 rings (SSSR count). The summed E-state index contributed by atoms with van der Waals surface area (Å²) >= 11 is 0. The van der Waals surface area contributed by atoms with Crippen molar-refractivity contribution in [3.63, 3.8) is 0 Å². The third-order valence-electron chi connectivity index (χ3n) is 3.44. The van der Waals surface area contributed by atoms with Crippen LogP contribution in [0.15, 0.2) is 18.2 Å². The van der Waals surface area contributed by atoms with Gasteiger partial charge >= 0.3 is 0 Å². The first kappa shape index (κ1) is 12.3. The number of rotatable bonds is 2. The van der Waals surface area contributed by atoms with Gasteiger partial charge in [0.1, 0.15) is 11.6 Å². The zero-order valence-electron chi connectivity index (χ0n) is 10.2. The zero-order valence-corrected chi connectivity index (χ0v) is 10.2. The maximum atomic E-state index is 13.0. The third kappa shape index (κ3) is 3.16. The summed E-state index contributed by atoms with van der Waals surface area (Å²) in [4.78, 5) is 2.30. The molecular formula is C13H18F2N2. The summed E-state index contributed by atoms with van der Waals surface area (Å²) < 4.78 is 26.1. The van der Waals surface area contributed by atoms with E-state index in [2.05, 4.69) is 24.2 Å². The van der Waals surface area contributed by atoms with Crippen LogP contribution in [0.25, 0.3) is 0 Å². The average Bonchev–Trinajstić information content (AvgIpc) is 2.22. The van der Waals surface area contributed by atoms with Gasteiger partial charge in [0.2, 0.25) is 0 Å². The average molecular weight is 240 g/mol. The Hall–Kier alpha value is -1.16. The number of hydrogen-bond donors (Lipinski definition) is 1. The van der Waals surface area contributed by atoms with Crippen LogP contribution in [0.1, 0.15) is 19.8 Å². The van der Waals surface area contributed by atoms with Gasteiger partial charge in [-0.3, -0.25) is 0 Å². The second-order valence-electron chi connectivity index (χ2n) is 4.85. The second-order valence-corrected chi connectivity index (χ2v) is 4.85. The van der Waals surface area contributed by atoms with E-state index in [1.807, 2.05) is 0 Å². The van der Waals surface area contributed by atoms with Gasteiger partial charge in [0.05, 0.1) is 0 Å². The van der Waals surface area contributed by atoms with Crippen molar-refractivity contribution in [2.75, 3.05) is 18.9 Å². The summed E-state index contributed by atoms with van der Waals surface area (Å²) in [5.41, 5.74) is 0.532. The molecular weight excluding hydrogens is 222 g/mol. The molecule has 0 aliphatic carbocycles. The van der Waals surface area contributed by atoms with E-state index in [1.165, 1.54) is 12.1 Å². The molecule has 0 spiro atoms. The van der Waals surface area contributed by atoms with E-state index in [1.54, 1.807) is 0 Å². The van der Waals surface area contributed by atoms with Crippen LogP contribution in [0.4, 0.5) is 14.5 Å². The van der Waals surface area contributed by atoms with Crippen LogP contribution in [0.3, 0.4) is 0 Å². The summed E-state index contributed by atoms with van der Waals surface area (Å²) in [6.45, 7) is 3.18. The molecule has 1 aromatic carbocycles. The molecule has 2 unspecified atom stereocenters. The number of nitrogens with one attached hydrogen (secondary N) is 1. The van der Waals surface area contributed by atoms with Gasteiger partial charge in [0.25, 0.3) is 0 Å². The number of piperidine rings is 1. The predicted octanol–water partition coefficient (Wildman–Crippen LogP) is 2.86. The first-order valence-corrected chi connectivity index (χ1v) is 5.97. The molecule has 0 aromatic heterocycles. The van der Waals surface area contributed by atoms with Crippen molar-refractivity contribution in [1.29, 1.82) is 0 Å². The number of halogens is 2. The summed E-state index contributed by atoms with van der Waals surface area (Å²) in [6, 6.07) is 4.36. The molecule has 94 valence electrons. The molecule has 2 nitrogen and oxygen atoms in total. The van der Waals surface area contributed by atoms with Gasteiger partial charge < -0.3 is 10.2 Å². The highest BCUT2D eigenvalue weighted by molar-refractivity contribution is 5.44. The van der Waals surface area contributed by atoms with Crippen LogP contribution in [0.2, 0.25) is 0 Å². The Morgan fingerprint density at radius 3 is 2.47 bits per heavy atom. The molecule has 1 fully saturated rings. The van der Waals surface area contributed by atoms with Crippen LogP contribution in [0, 0.1) is 11.6 Å². The highest BCUT2D eigenvalue weighted by Crippen LogP contribution is 2.21. The van der Waals surface area contributed by atoms with Crippen molar-refractivity contribution in [3.8, 4) is 0 Å². The summed E-state index contributed by atoms with van der Waals surface area (Å²) in [7, 11) is 2.10. The molecule has 1 saturated heterocycles. The SMILES string of the molecule is CC1CC(Nc2cc(F)cc(F)c2)CCN1C. The number of hydrogen-bond acceptors (Lipinski definition) is 2. The topological polar surface area (TPSA) is 15.3 Å². The first-order valence-electron chi connectivity index (χ1n) is 5.97. The predicted molar refractivity (Wildman–Crippen MR) is 65.1 cm³/mol. The lowest BCUT2D eigenvalue weighted by Crippen LogP contribution is -2.42. The lowest BCUT2D eigenvalue weighted by molar-refractivity contribution is 0.190. The number of likely N-dealkylation sites (tertiary alicyclic amines) is 1. The molecule has 1 aliphatic rings. The first-order chi connectivity index (χ1) is 8.04. The minimum absolute atomic E-state index is 0.294. The van der Waals surface area contributed by atoms with E-state index >= 15 is 0 Å². The van der Waals surface area contributed by atoms with Gasteiger partial charge in [-0.1, -0.05) is 0 Å². The number of benzene rings is 1. The van der Waals surface area contributed by atoms with Crippen LogP contribution >= 0.6 is 0 Å². The van der Waals surface area contributed by atoms with Gasteiger partial charge in [-0.05, 0) is 38.9 Å². The minimum atomic E-state index is -0.534. The Bertz CT molecular complexity index is 375. The number of nitrogens with zero attached hydrogens (tertiary/aromatic N) is 1. The zero-order chi connectivity index (χ0) is 12.4. The Kier molecular flexibility index (Phi) is 3.62. The summed E-state index contributed by atoms with van der Waals surface area (Å²) in [5.74, 6) is -1.07. The van der Waals surface area contributed by atoms with Gasteiger partial charge in [0.15, 0.2) is 0 Å². The largest absolute Gasteiger partial charge is 0.382 e. The summed E-state index contributed by atoms with van der Waals surface area (Å²) in [5, 5.41) is 3.21. The highest BCUT2D eigenvalue weighted by Gasteiger charge is 2.22. The molecule has 0 saturated carbocycles. The standard InChI is InChI=1S/C13H18F2N2/c1-9-5-12(3-4-17(9)2)16-13-7-10(14)6-11(15)8-13/h6-9,12,16H,3-5H2,1-2H3. The summed E-state index contributed by atoms with van der Waals surface area (Å²) in [6.07, 6.45) is 1.99. The fourth-order valence-electron chi connectivity index (χ4n) is 2.29. The van der Waals surface area contributed by atoms with Crippen LogP contribution in [-0.4, -0.2) is 30.6 Å². The Morgan fingerprint density at radius 2 is 1.88 bits per heavy atom. The van der Waals surface area contributed by atoms with Crippen molar-refractivity contribution in [3.05, 3.63) is 29.8 Å². The molecule has 1 N–H and O–H groups in total. The van der Waals surface area contributed by atoms with Gasteiger partial charge in [-0.15, -0.1) is 0 Å². The fraction of sp³-hybridized carbons (Fsp3) is 0.538. The molecule has 1 aliphatic heterocycles. The Labute approximate surface area is 101 Å². The smallest absolute Gasteiger partial charge is 0.128 e. The van der Waals surface area contributed by atoms with Crippen molar-refractivity contribution >= 4 is 5.69 Å². The molecule has 1 heterocycles. The molecule has 17 heavy (non-hydrogen) atoms. The highest BCUT2D eigenvalue weighted by atomic mass is 19.1. The fourth-order valence-corrected chi connectivity index (χ4v) is 2.29. The second kappa shape index (κ2) is 5.00. The minimum Gasteiger partial charge on any atom is -0.382 e.